The van der Waals surface area contributed by atoms with Gasteiger partial charge in [-0.3, -0.25) is 9.59 Å². The molecule has 0 aliphatic carbocycles. The van der Waals surface area contributed by atoms with Crippen LogP contribution in [0.5, 0.6) is 40.2 Å². The Bertz CT molecular complexity index is 2040. The van der Waals surface area contributed by atoms with Crippen molar-refractivity contribution in [1.29, 1.82) is 0 Å². The normalized spacial score (nSPS) is 17.9. The van der Waals surface area contributed by atoms with Crippen molar-refractivity contribution in [2.45, 2.75) is 38.3 Å². The maximum Gasteiger partial charge on any atom is 0.338 e. The van der Waals surface area contributed by atoms with Crippen molar-refractivity contribution >= 4 is 28.4 Å². The highest BCUT2D eigenvalue weighted by atomic mass is 16.5. The van der Waals surface area contributed by atoms with Gasteiger partial charge >= 0.3 is 5.97 Å². The van der Waals surface area contributed by atoms with Crippen molar-refractivity contribution < 1.29 is 52.3 Å². The minimum Gasteiger partial charge on any atom is -0.496 e. The summed E-state index contributed by atoms with van der Waals surface area (Å²) in [6.45, 7) is 1.56. The van der Waals surface area contributed by atoms with Crippen molar-refractivity contribution in [2.24, 2.45) is 5.92 Å². The molecule has 12 nitrogen and oxygen atoms in total. The van der Waals surface area contributed by atoms with Gasteiger partial charge in [0.05, 0.1) is 67.4 Å². The van der Waals surface area contributed by atoms with Crippen LogP contribution in [0.1, 0.15) is 45.1 Å². The summed E-state index contributed by atoms with van der Waals surface area (Å²) in [5.74, 6) is 0.892. The number of nitrogens with zero attached hydrogens (tertiary/aromatic N) is 1. The van der Waals surface area contributed by atoms with Crippen molar-refractivity contribution in [3.63, 3.8) is 0 Å². The van der Waals surface area contributed by atoms with E-state index >= 15 is 0 Å². The zero-order chi connectivity index (χ0) is 37.3. The van der Waals surface area contributed by atoms with Crippen molar-refractivity contribution in [2.75, 3.05) is 56.4 Å². The van der Waals surface area contributed by atoms with E-state index in [0.29, 0.717) is 50.8 Å². The van der Waals surface area contributed by atoms with Crippen molar-refractivity contribution in [1.82, 2.24) is 4.90 Å². The monoisotopic (exact) mass is 713 g/mol. The number of piperidine rings is 1. The highest BCUT2D eigenvalue weighted by molar-refractivity contribution is 6.04. The van der Waals surface area contributed by atoms with Gasteiger partial charge in [-0.25, -0.2) is 4.79 Å². The summed E-state index contributed by atoms with van der Waals surface area (Å²) in [5, 5.41) is 1.61. The molecule has 0 radical (unpaired) electrons. The zero-order valence-corrected chi connectivity index (χ0v) is 30.6. The van der Waals surface area contributed by atoms with Gasteiger partial charge in [-0.1, -0.05) is 36.4 Å². The molecule has 1 saturated heterocycles. The Hall–Kier alpha value is -5.65. The molecule has 2 heterocycles. The molecule has 4 aromatic carbocycles. The standard InChI is InChI=1S/C40H43NO11/c1-21-33(46-3)23(18-31(45-2)34(21)47-4)16-24-17-30(42)28-19-27-32(36(49-6)38(51-8)37(50-7)35(27)48-5)29(41(28)39(24)43)20-52-40(44)26-15-11-13-22-12-9-10-14-25(22)26/h9-15,18,24,28-29H,16-17,19-20H2,1-8H3/t24-,28+,29+/m0/s1. The molecular weight excluding hydrogens is 670 g/mol. The van der Waals surface area contributed by atoms with E-state index in [-0.39, 0.29) is 54.8 Å². The van der Waals surface area contributed by atoms with Gasteiger partial charge in [0.2, 0.25) is 17.4 Å². The van der Waals surface area contributed by atoms with Crippen molar-refractivity contribution in [3.8, 4) is 40.2 Å². The van der Waals surface area contributed by atoms with Crippen LogP contribution >= 0.6 is 0 Å². The molecule has 4 aromatic rings. The summed E-state index contributed by atoms with van der Waals surface area (Å²) in [6, 6.07) is 12.9. The smallest absolute Gasteiger partial charge is 0.338 e. The number of rotatable bonds is 12. The van der Waals surface area contributed by atoms with E-state index in [0.717, 1.165) is 10.8 Å². The molecule has 3 atom stereocenters. The zero-order valence-electron chi connectivity index (χ0n) is 30.6. The molecule has 2 aliphatic rings. The third kappa shape index (κ3) is 5.95. The molecule has 0 spiro atoms. The first-order valence-electron chi connectivity index (χ1n) is 16.8. The molecule has 52 heavy (non-hydrogen) atoms. The number of hydrogen-bond donors (Lipinski definition) is 0. The Morgan fingerprint density at radius 3 is 2.02 bits per heavy atom. The van der Waals surface area contributed by atoms with Gasteiger partial charge in [-0.2, -0.15) is 0 Å². The summed E-state index contributed by atoms with van der Waals surface area (Å²) in [6.07, 6.45) is 0.292. The van der Waals surface area contributed by atoms with Gasteiger partial charge in [-0.05, 0) is 41.8 Å². The van der Waals surface area contributed by atoms with Crippen LogP contribution in [0.2, 0.25) is 0 Å². The van der Waals surface area contributed by atoms with E-state index in [1.807, 2.05) is 37.3 Å². The average Bonchev–Trinajstić information content (AvgIpc) is 3.16. The maximum atomic E-state index is 14.8. The minimum atomic E-state index is -0.954. The van der Waals surface area contributed by atoms with Gasteiger partial charge in [-0.15, -0.1) is 0 Å². The first-order valence-corrected chi connectivity index (χ1v) is 16.8. The third-order valence-electron chi connectivity index (χ3n) is 10.1. The molecular formula is C40H43NO11. The molecule has 0 unspecified atom stereocenters. The quantitative estimate of drug-likeness (QED) is 0.168. The highest BCUT2D eigenvalue weighted by Crippen LogP contribution is 2.55. The van der Waals surface area contributed by atoms with Gasteiger partial charge in [0.25, 0.3) is 0 Å². The molecule has 1 amide bonds. The summed E-state index contributed by atoms with van der Waals surface area (Å²) < 4.78 is 46.3. The Kier molecular flexibility index (Phi) is 10.4. The van der Waals surface area contributed by atoms with Crippen LogP contribution in [0, 0.1) is 12.8 Å². The second kappa shape index (κ2) is 14.9. The summed E-state index contributed by atoms with van der Waals surface area (Å²) in [7, 11) is 10.6. The number of carbonyl (C=O) groups is 3. The Morgan fingerprint density at radius 1 is 0.731 bits per heavy atom. The number of ketones is 1. The van der Waals surface area contributed by atoms with Gasteiger partial charge in [0.1, 0.15) is 12.4 Å². The summed E-state index contributed by atoms with van der Waals surface area (Å²) in [4.78, 5) is 44.4. The molecule has 2 aliphatic heterocycles. The van der Waals surface area contributed by atoms with Crippen LogP contribution < -0.4 is 33.2 Å². The summed E-state index contributed by atoms with van der Waals surface area (Å²) in [5.41, 5.74) is 2.86. The number of hydrogen-bond acceptors (Lipinski definition) is 11. The minimum absolute atomic E-state index is 0.0128. The molecule has 0 aromatic heterocycles. The molecule has 0 saturated carbocycles. The predicted octanol–water partition coefficient (Wildman–Crippen LogP) is 5.69. The second-order valence-electron chi connectivity index (χ2n) is 12.6. The summed E-state index contributed by atoms with van der Waals surface area (Å²) >= 11 is 0. The first-order chi connectivity index (χ1) is 25.2. The Labute approximate surface area is 302 Å². The van der Waals surface area contributed by atoms with E-state index in [1.54, 1.807) is 37.3 Å². The van der Waals surface area contributed by atoms with Crippen LogP contribution in [0.25, 0.3) is 10.8 Å². The van der Waals surface area contributed by atoms with Crippen LogP contribution in [-0.4, -0.2) is 85.0 Å². The van der Waals surface area contributed by atoms with Gasteiger partial charge < -0.3 is 42.8 Å². The lowest BCUT2D eigenvalue weighted by atomic mass is 9.77. The lowest BCUT2D eigenvalue weighted by Crippen LogP contribution is -2.58. The second-order valence-corrected chi connectivity index (χ2v) is 12.6. The number of benzene rings is 4. The number of methoxy groups -OCH3 is 7. The number of fused-ring (bicyclic) bond motifs is 3. The van der Waals surface area contributed by atoms with E-state index < -0.39 is 24.0 Å². The first kappa shape index (κ1) is 36.2. The van der Waals surface area contributed by atoms with E-state index in [9.17, 15) is 14.4 Å². The average molecular weight is 714 g/mol. The highest BCUT2D eigenvalue weighted by Gasteiger charge is 2.51. The van der Waals surface area contributed by atoms with E-state index in [2.05, 4.69) is 0 Å². The molecule has 6 rings (SSSR count). The number of esters is 1. The van der Waals surface area contributed by atoms with Crippen LogP contribution in [0.4, 0.5) is 0 Å². The fourth-order valence-electron chi connectivity index (χ4n) is 7.85. The van der Waals surface area contributed by atoms with Crippen LogP contribution in [0.3, 0.4) is 0 Å². The lowest BCUT2D eigenvalue weighted by Gasteiger charge is -2.47. The maximum absolute atomic E-state index is 14.8. The van der Waals surface area contributed by atoms with Crippen LogP contribution in [0.15, 0.2) is 48.5 Å². The molecule has 274 valence electrons. The van der Waals surface area contributed by atoms with Crippen LogP contribution in [-0.2, 0) is 27.2 Å². The van der Waals surface area contributed by atoms with Crippen molar-refractivity contribution in [3.05, 3.63) is 76.3 Å². The van der Waals surface area contributed by atoms with Gasteiger partial charge in [0, 0.05) is 35.4 Å². The fourth-order valence-corrected chi connectivity index (χ4v) is 7.85. The Morgan fingerprint density at radius 2 is 1.37 bits per heavy atom. The molecule has 0 N–H and O–H groups in total. The number of amides is 1. The lowest BCUT2D eigenvalue weighted by molar-refractivity contribution is -0.155. The third-order valence-corrected chi connectivity index (χ3v) is 10.1. The SMILES string of the molecule is COc1cc(C[C@H]2CC(=O)[C@H]3Cc4c(OC)c(OC)c(OC)c(OC)c4[C@@H](COC(=O)c4cccc5ccccc45)N3C2=O)c(OC)c(C)c1OC. The van der Waals surface area contributed by atoms with E-state index in [1.165, 1.54) is 35.5 Å². The predicted molar refractivity (Wildman–Crippen MR) is 192 cm³/mol. The Balaban J connectivity index is 1.47. The topological polar surface area (TPSA) is 128 Å². The molecule has 1 fully saturated rings. The molecule has 0 bridgehead atoms. The van der Waals surface area contributed by atoms with E-state index in [4.69, 9.17) is 37.9 Å². The number of ether oxygens (including phenoxy) is 8. The largest absolute Gasteiger partial charge is 0.496 e. The molecule has 12 heteroatoms. The van der Waals surface area contributed by atoms with Gasteiger partial charge in [0.15, 0.2) is 28.8 Å². The number of carbonyl (C=O) groups excluding carboxylic acids is 3. The number of Topliss-reactive ketones (excluding diaryl/α,β-unsaturated/α-hetero) is 1. The fraction of sp³-hybridized carbons (Fsp3) is 0.375.